The molecule has 0 amide bonds. The monoisotopic (exact) mass is 267 g/mol. The number of rotatable bonds is 4. The van der Waals surface area contributed by atoms with Crippen molar-refractivity contribution in [1.82, 2.24) is 5.32 Å². The Balaban J connectivity index is 1.96. The van der Waals surface area contributed by atoms with Crippen LogP contribution in [0.3, 0.4) is 0 Å². The fraction of sp³-hybridized carbons (Fsp3) is 1.00. The Kier molecular flexibility index (Phi) is 4.62. The SMILES string of the molecule is CNC1CC(OC2CC(C)CCC2C(C)C)C1(C)C. The molecule has 5 atom stereocenters. The highest BCUT2D eigenvalue weighted by Gasteiger charge is 2.50. The molecule has 0 aromatic carbocycles. The molecule has 0 aliphatic heterocycles. The van der Waals surface area contributed by atoms with Gasteiger partial charge < -0.3 is 10.1 Å². The van der Waals surface area contributed by atoms with Gasteiger partial charge in [-0.15, -0.1) is 0 Å². The van der Waals surface area contributed by atoms with Crippen LogP contribution in [-0.2, 0) is 4.74 Å². The second kappa shape index (κ2) is 5.73. The number of nitrogens with one attached hydrogen (secondary N) is 1. The zero-order chi connectivity index (χ0) is 14.2. The van der Waals surface area contributed by atoms with Crippen molar-refractivity contribution in [3.8, 4) is 0 Å². The molecule has 2 saturated carbocycles. The minimum absolute atomic E-state index is 0.289. The molecule has 0 aromatic heterocycles. The van der Waals surface area contributed by atoms with Gasteiger partial charge in [-0.3, -0.25) is 0 Å². The van der Waals surface area contributed by atoms with E-state index < -0.39 is 0 Å². The van der Waals surface area contributed by atoms with E-state index in [0.29, 0.717) is 18.2 Å². The van der Waals surface area contributed by atoms with Crippen molar-refractivity contribution in [1.29, 1.82) is 0 Å². The normalized spacial score (nSPS) is 42.2. The van der Waals surface area contributed by atoms with E-state index in [1.54, 1.807) is 0 Å². The highest BCUT2D eigenvalue weighted by molar-refractivity contribution is 5.03. The first kappa shape index (κ1) is 15.3. The standard InChI is InChI=1S/C17H33NO/c1-11(2)13-8-7-12(3)9-14(13)19-16-10-15(18-6)17(16,4)5/h11-16,18H,7-10H2,1-6H3. The lowest BCUT2D eigenvalue weighted by atomic mass is 9.64. The highest BCUT2D eigenvalue weighted by Crippen LogP contribution is 2.46. The molecule has 2 heteroatoms. The molecule has 2 nitrogen and oxygen atoms in total. The third-order valence-corrected chi connectivity index (χ3v) is 5.83. The smallest absolute Gasteiger partial charge is 0.0659 e. The van der Waals surface area contributed by atoms with Crippen molar-refractivity contribution >= 4 is 0 Å². The fourth-order valence-corrected chi connectivity index (χ4v) is 4.09. The van der Waals surface area contributed by atoms with Gasteiger partial charge in [-0.05, 0) is 44.1 Å². The van der Waals surface area contributed by atoms with Crippen LogP contribution in [0, 0.1) is 23.2 Å². The number of ether oxygens (including phenoxy) is 1. The van der Waals surface area contributed by atoms with Crippen molar-refractivity contribution in [2.75, 3.05) is 7.05 Å². The first-order valence-electron chi connectivity index (χ1n) is 8.19. The van der Waals surface area contributed by atoms with Gasteiger partial charge in [-0.1, -0.05) is 41.0 Å². The van der Waals surface area contributed by atoms with Crippen molar-refractivity contribution in [2.45, 2.75) is 78.6 Å². The van der Waals surface area contributed by atoms with Gasteiger partial charge in [0, 0.05) is 11.5 Å². The van der Waals surface area contributed by atoms with Crippen LogP contribution in [-0.4, -0.2) is 25.3 Å². The lowest BCUT2D eigenvalue weighted by molar-refractivity contribution is -0.174. The molecule has 0 heterocycles. The Bertz CT molecular complexity index is 300. The molecule has 2 rings (SSSR count). The quantitative estimate of drug-likeness (QED) is 0.835. The van der Waals surface area contributed by atoms with Gasteiger partial charge in [0.05, 0.1) is 12.2 Å². The van der Waals surface area contributed by atoms with Crippen molar-refractivity contribution in [2.24, 2.45) is 23.2 Å². The molecular weight excluding hydrogens is 234 g/mol. The molecule has 0 saturated heterocycles. The van der Waals surface area contributed by atoms with E-state index in [9.17, 15) is 0 Å². The largest absolute Gasteiger partial charge is 0.374 e. The average Bonchev–Trinajstić information content (AvgIpc) is 2.33. The van der Waals surface area contributed by atoms with Crippen molar-refractivity contribution in [3.63, 3.8) is 0 Å². The predicted molar refractivity (Wildman–Crippen MR) is 81.2 cm³/mol. The van der Waals surface area contributed by atoms with Gasteiger partial charge in [0.1, 0.15) is 0 Å². The Morgan fingerprint density at radius 3 is 2.37 bits per heavy atom. The second-order valence-electron chi connectivity index (χ2n) is 7.89. The summed E-state index contributed by atoms with van der Waals surface area (Å²) in [4.78, 5) is 0. The van der Waals surface area contributed by atoms with Crippen LogP contribution in [0.5, 0.6) is 0 Å². The summed E-state index contributed by atoms with van der Waals surface area (Å²) in [7, 11) is 2.07. The van der Waals surface area contributed by atoms with E-state index in [0.717, 1.165) is 17.8 Å². The summed E-state index contributed by atoms with van der Waals surface area (Å²) >= 11 is 0. The van der Waals surface area contributed by atoms with Crippen LogP contribution in [0.2, 0.25) is 0 Å². The summed E-state index contributed by atoms with van der Waals surface area (Å²) in [6, 6.07) is 0.621. The maximum atomic E-state index is 6.58. The van der Waals surface area contributed by atoms with E-state index in [4.69, 9.17) is 4.74 Å². The fourth-order valence-electron chi connectivity index (χ4n) is 4.09. The molecule has 5 unspecified atom stereocenters. The molecular formula is C17H33NO. The summed E-state index contributed by atoms with van der Waals surface area (Å²) in [6.45, 7) is 11.8. The minimum Gasteiger partial charge on any atom is -0.374 e. The van der Waals surface area contributed by atoms with Crippen LogP contribution in [0.1, 0.15) is 60.3 Å². The molecule has 112 valence electrons. The number of hydrogen-bond donors (Lipinski definition) is 1. The summed E-state index contributed by atoms with van der Waals surface area (Å²) in [6.07, 6.45) is 6.12. The van der Waals surface area contributed by atoms with Crippen LogP contribution in [0.25, 0.3) is 0 Å². The van der Waals surface area contributed by atoms with Crippen LogP contribution < -0.4 is 5.32 Å². The minimum atomic E-state index is 0.289. The predicted octanol–water partition coefficient (Wildman–Crippen LogP) is 3.85. The summed E-state index contributed by atoms with van der Waals surface area (Å²) in [5.41, 5.74) is 0.289. The lowest BCUT2D eigenvalue weighted by Gasteiger charge is -2.54. The van der Waals surface area contributed by atoms with E-state index in [-0.39, 0.29) is 5.41 Å². The third kappa shape index (κ3) is 3.00. The van der Waals surface area contributed by atoms with Crippen LogP contribution in [0.4, 0.5) is 0 Å². The topological polar surface area (TPSA) is 21.3 Å². The Labute approximate surface area is 119 Å². The summed E-state index contributed by atoms with van der Waals surface area (Å²) in [5, 5.41) is 3.42. The molecule has 2 aliphatic carbocycles. The first-order chi connectivity index (χ1) is 8.86. The van der Waals surface area contributed by atoms with E-state index >= 15 is 0 Å². The Morgan fingerprint density at radius 1 is 1.16 bits per heavy atom. The van der Waals surface area contributed by atoms with Gasteiger partial charge in [-0.25, -0.2) is 0 Å². The van der Waals surface area contributed by atoms with E-state index in [2.05, 4.69) is 47.0 Å². The number of hydrogen-bond acceptors (Lipinski definition) is 2. The molecule has 0 radical (unpaired) electrons. The van der Waals surface area contributed by atoms with Crippen LogP contribution in [0.15, 0.2) is 0 Å². The lowest BCUT2D eigenvalue weighted by Crippen LogP contribution is -2.61. The summed E-state index contributed by atoms with van der Waals surface area (Å²) in [5.74, 6) is 2.35. The van der Waals surface area contributed by atoms with E-state index in [1.165, 1.54) is 25.7 Å². The maximum Gasteiger partial charge on any atom is 0.0659 e. The Morgan fingerprint density at radius 2 is 1.84 bits per heavy atom. The first-order valence-corrected chi connectivity index (χ1v) is 8.19. The van der Waals surface area contributed by atoms with Gasteiger partial charge >= 0.3 is 0 Å². The average molecular weight is 267 g/mol. The van der Waals surface area contributed by atoms with Gasteiger partial charge in [-0.2, -0.15) is 0 Å². The van der Waals surface area contributed by atoms with Gasteiger partial charge in [0.2, 0.25) is 0 Å². The Hall–Kier alpha value is -0.0800. The second-order valence-corrected chi connectivity index (χ2v) is 7.89. The molecule has 0 spiro atoms. The molecule has 19 heavy (non-hydrogen) atoms. The zero-order valence-corrected chi connectivity index (χ0v) is 13.7. The molecule has 0 bridgehead atoms. The van der Waals surface area contributed by atoms with Crippen molar-refractivity contribution < 1.29 is 4.74 Å². The van der Waals surface area contributed by atoms with Crippen molar-refractivity contribution in [3.05, 3.63) is 0 Å². The molecule has 1 N–H and O–H groups in total. The van der Waals surface area contributed by atoms with Gasteiger partial charge in [0.15, 0.2) is 0 Å². The highest BCUT2D eigenvalue weighted by atomic mass is 16.5. The zero-order valence-electron chi connectivity index (χ0n) is 13.7. The molecule has 2 fully saturated rings. The summed E-state index contributed by atoms with van der Waals surface area (Å²) < 4.78 is 6.58. The molecule has 0 aromatic rings. The van der Waals surface area contributed by atoms with E-state index in [1.807, 2.05) is 0 Å². The maximum absolute atomic E-state index is 6.58. The van der Waals surface area contributed by atoms with Gasteiger partial charge in [0.25, 0.3) is 0 Å². The van der Waals surface area contributed by atoms with Crippen LogP contribution >= 0.6 is 0 Å². The molecule has 2 aliphatic rings. The third-order valence-electron chi connectivity index (χ3n) is 5.83.